The first-order valence-electron chi connectivity index (χ1n) is 12.2. The third kappa shape index (κ3) is 3.49. The van der Waals surface area contributed by atoms with Crippen molar-refractivity contribution in [1.29, 1.82) is 0 Å². The molecule has 37 heavy (non-hydrogen) atoms. The summed E-state index contributed by atoms with van der Waals surface area (Å²) in [6.45, 7) is 7.54. The molecule has 5 aromatic carbocycles. The second-order valence-corrected chi connectivity index (χ2v) is 9.09. The summed E-state index contributed by atoms with van der Waals surface area (Å²) in [4.78, 5) is 10.8. The van der Waals surface area contributed by atoms with E-state index in [-0.39, 0.29) is 6.04 Å². The van der Waals surface area contributed by atoms with Crippen molar-refractivity contribution in [2.24, 2.45) is 4.99 Å². The van der Waals surface area contributed by atoms with Crippen LogP contribution in [0.5, 0.6) is 5.75 Å². The molecule has 1 atom stereocenters. The van der Waals surface area contributed by atoms with Gasteiger partial charge in [0, 0.05) is 0 Å². The summed E-state index contributed by atoms with van der Waals surface area (Å²) in [5, 5.41) is 2.01. The van der Waals surface area contributed by atoms with Gasteiger partial charge >= 0.3 is 6.02 Å². The molecule has 0 radical (unpaired) electrons. The number of rotatable bonds is 3. The van der Waals surface area contributed by atoms with Gasteiger partial charge in [-0.15, -0.1) is 0 Å². The van der Waals surface area contributed by atoms with Crippen molar-refractivity contribution in [3.05, 3.63) is 144 Å². The quantitative estimate of drug-likeness (QED) is 0.245. The van der Waals surface area contributed by atoms with Gasteiger partial charge in [0.2, 0.25) is 0 Å². The molecule has 4 nitrogen and oxygen atoms in total. The number of hydrogen-bond acceptors (Lipinski definition) is 3. The van der Waals surface area contributed by atoms with Gasteiger partial charge in [-0.25, -0.2) is 9.84 Å². The van der Waals surface area contributed by atoms with Crippen LogP contribution in [0.2, 0.25) is 0 Å². The van der Waals surface area contributed by atoms with Crippen LogP contribution < -0.4 is 9.64 Å². The van der Waals surface area contributed by atoms with Crippen LogP contribution in [0.25, 0.3) is 32.4 Å². The number of amidine groups is 1. The molecule has 0 bridgehead atoms. The van der Waals surface area contributed by atoms with E-state index in [9.17, 15) is 0 Å². The van der Waals surface area contributed by atoms with E-state index in [1.807, 2.05) is 54.6 Å². The Labute approximate surface area is 215 Å². The maximum absolute atomic E-state index is 7.54. The number of benzene rings is 5. The summed E-state index contributed by atoms with van der Waals surface area (Å²) in [6.07, 6.45) is 2.21. The number of fused-ring (bicyclic) bond motifs is 4. The van der Waals surface area contributed by atoms with Crippen LogP contribution in [0, 0.1) is 6.57 Å². The fourth-order valence-electron chi connectivity index (χ4n) is 5.18. The van der Waals surface area contributed by atoms with E-state index in [1.165, 1.54) is 0 Å². The summed E-state index contributed by atoms with van der Waals surface area (Å²) < 4.78 is 6.42. The molecule has 0 fully saturated rings. The van der Waals surface area contributed by atoms with E-state index in [1.54, 1.807) is 0 Å². The monoisotopic (exact) mass is 475 g/mol. The van der Waals surface area contributed by atoms with E-state index < -0.39 is 0 Å². The van der Waals surface area contributed by atoms with Gasteiger partial charge < -0.3 is 4.74 Å². The van der Waals surface area contributed by atoms with Gasteiger partial charge in [-0.2, -0.15) is 0 Å². The maximum Gasteiger partial charge on any atom is 0.303 e. The summed E-state index contributed by atoms with van der Waals surface area (Å²) in [5.74, 6) is 0.769. The van der Waals surface area contributed by atoms with Gasteiger partial charge in [0.05, 0.1) is 18.0 Å². The van der Waals surface area contributed by atoms with Crippen LogP contribution in [0.1, 0.15) is 17.2 Å². The van der Waals surface area contributed by atoms with E-state index in [2.05, 4.69) is 76.5 Å². The van der Waals surface area contributed by atoms with Crippen LogP contribution in [0.3, 0.4) is 0 Å². The molecule has 0 amide bonds. The first kappa shape index (κ1) is 21.2. The SMILES string of the molecule is [C-]#[N+]c1ccc(-c2ccc3c(c2)OC2=NC(c4ccccc4)C=C(c4ccccc4)N23)c2ccccc12. The van der Waals surface area contributed by atoms with E-state index in [0.29, 0.717) is 11.7 Å². The zero-order chi connectivity index (χ0) is 24.8. The molecular formula is C33H21N3O. The Bertz CT molecular complexity index is 1760. The van der Waals surface area contributed by atoms with Crippen molar-refractivity contribution in [1.82, 2.24) is 0 Å². The second kappa shape index (κ2) is 8.51. The lowest BCUT2D eigenvalue weighted by molar-refractivity contribution is 0.556. The third-order valence-corrected chi connectivity index (χ3v) is 6.94. The van der Waals surface area contributed by atoms with Crippen molar-refractivity contribution in [2.45, 2.75) is 6.04 Å². The highest BCUT2D eigenvalue weighted by Crippen LogP contribution is 2.46. The fourth-order valence-corrected chi connectivity index (χ4v) is 5.18. The highest BCUT2D eigenvalue weighted by Gasteiger charge is 2.35. The van der Waals surface area contributed by atoms with Gasteiger partial charge in [-0.3, -0.25) is 4.90 Å². The lowest BCUT2D eigenvalue weighted by atomic mass is 9.96. The van der Waals surface area contributed by atoms with Gasteiger partial charge in [0.25, 0.3) is 0 Å². The van der Waals surface area contributed by atoms with Gasteiger partial charge in [0.1, 0.15) is 6.04 Å². The van der Waals surface area contributed by atoms with Crippen LogP contribution in [-0.2, 0) is 0 Å². The second-order valence-electron chi connectivity index (χ2n) is 9.09. The average Bonchev–Trinajstić information content (AvgIpc) is 3.35. The van der Waals surface area contributed by atoms with Crippen molar-refractivity contribution in [3.8, 4) is 16.9 Å². The Morgan fingerprint density at radius 3 is 2.24 bits per heavy atom. The zero-order valence-corrected chi connectivity index (χ0v) is 19.9. The number of anilines is 1. The van der Waals surface area contributed by atoms with Crippen molar-refractivity contribution < 1.29 is 4.74 Å². The predicted octanol–water partition coefficient (Wildman–Crippen LogP) is 8.41. The largest absolute Gasteiger partial charge is 0.423 e. The number of hydrogen-bond donors (Lipinski definition) is 0. The molecule has 0 saturated heterocycles. The minimum atomic E-state index is -0.137. The molecule has 0 saturated carbocycles. The van der Waals surface area contributed by atoms with Gasteiger partial charge in [-0.05, 0) is 51.2 Å². The third-order valence-electron chi connectivity index (χ3n) is 6.94. The standard InChI is InChI=1S/C33H21N3O/c1-34-28-18-17-25(26-14-8-9-15-27(26)28)24-16-19-30-32(20-24)37-33-35-29(22-10-4-2-5-11-22)21-31(36(30)33)23-12-6-3-7-13-23/h2-21,29H. The Morgan fingerprint density at radius 2 is 1.46 bits per heavy atom. The average molecular weight is 476 g/mol. The molecule has 0 spiro atoms. The number of nitrogens with zero attached hydrogens (tertiary/aromatic N) is 3. The first-order chi connectivity index (χ1) is 18.3. The summed E-state index contributed by atoms with van der Waals surface area (Å²) >= 11 is 0. The van der Waals surface area contributed by atoms with Crippen LogP contribution in [-0.4, -0.2) is 6.02 Å². The Hall–Kier alpha value is -5.14. The van der Waals surface area contributed by atoms with E-state index in [4.69, 9.17) is 16.3 Å². The summed E-state index contributed by atoms with van der Waals surface area (Å²) in [5.41, 5.74) is 7.02. The molecule has 0 aromatic heterocycles. The minimum absolute atomic E-state index is 0.137. The van der Waals surface area contributed by atoms with Crippen LogP contribution >= 0.6 is 0 Å². The molecule has 174 valence electrons. The lowest BCUT2D eigenvalue weighted by Gasteiger charge is -2.27. The Kier molecular flexibility index (Phi) is 4.87. The summed E-state index contributed by atoms with van der Waals surface area (Å²) in [6, 6.07) is 39.4. The molecule has 7 rings (SSSR count). The Morgan fingerprint density at radius 1 is 0.730 bits per heavy atom. The van der Waals surface area contributed by atoms with Crippen LogP contribution in [0.4, 0.5) is 11.4 Å². The predicted molar refractivity (Wildman–Crippen MR) is 150 cm³/mol. The Balaban J connectivity index is 1.36. The van der Waals surface area contributed by atoms with Gasteiger partial charge in [0.15, 0.2) is 11.4 Å². The topological polar surface area (TPSA) is 29.2 Å². The van der Waals surface area contributed by atoms with E-state index in [0.717, 1.165) is 50.2 Å². The van der Waals surface area contributed by atoms with Crippen molar-refractivity contribution in [3.63, 3.8) is 0 Å². The fraction of sp³-hybridized carbons (Fsp3) is 0.0303. The first-order valence-corrected chi connectivity index (χ1v) is 12.2. The molecule has 5 aromatic rings. The molecule has 2 heterocycles. The molecular weight excluding hydrogens is 454 g/mol. The smallest absolute Gasteiger partial charge is 0.303 e. The van der Waals surface area contributed by atoms with E-state index >= 15 is 0 Å². The normalized spacial score (nSPS) is 15.8. The molecule has 2 aliphatic heterocycles. The van der Waals surface area contributed by atoms with Crippen molar-refractivity contribution in [2.75, 3.05) is 4.90 Å². The maximum atomic E-state index is 7.54. The van der Waals surface area contributed by atoms with Gasteiger partial charge in [-0.1, -0.05) is 103 Å². The highest BCUT2D eigenvalue weighted by atomic mass is 16.5. The number of aliphatic imine (C=N–C) groups is 1. The minimum Gasteiger partial charge on any atom is -0.423 e. The number of ether oxygens (including phenoxy) is 1. The van der Waals surface area contributed by atoms with Crippen LogP contribution in [0.15, 0.2) is 126 Å². The molecule has 4 heteroatoms. The molecule has 0 N–H and O–H groups in total. The molecule has 2 aliphatic rings. The zero-order valence-electron chi connectivity index (χ0n) is 19.9. The molecule has 1 unspecified atom stereocenters. The summed E-state index contributed by atoms with van der Waals surface area (Å²) in [7, 11) is 0. The highest BCUT2D eigenvalue weighted by molar-refractivity contribution is 6.13. The lowest BCUT2D eigenvalue weighted by Crippen LogP contribution is -2.31. The van der Waals surface area contributed by atoms with Crippen molar-refractivity contribution >= 4 is 33.9 Å². The molecule has 0 aliphatic carbocycles.